The number of hydrogen-bond donors (Lipinski definition) is 0. The summed E-state index contributed by atoms with van der Waals surface area (Å²) >= 11 is 0. The summed E-state index contributed by atoms with van der Waals surface area (Å²) in [6, 6.07) is 8.98. The van der Waals surface area contributed by atoms with Crippen molar-refractivity contribution in [3.63, 3.8) is 0 Å². The average Bonchev–Trinajstić information content (AvgIpc) is 3.03. The number of nitrogens with zero attached hydrogens (tertiary/aromatic N) is 5. The molecule has 2 aromatic rings. The Morgan fingerprint density at radius 2 is 2.17 bits per heavy atom. The van der Waals surface area contributed by atoms with Crippen LogP contribution in [-0.4, -0.2) is 38.2 Å². The predicted molar refractivity (Wildman–Crippen MR) is 86.1 cm³/mol. The first-order valence-electron chi connectivity index (χ1n) is 7.99. The van der Waals surface area contributed by atoms with Crippen molar-refractivity contribution in [3.8, 4) is 11.8 Å². The fraction of sp³-hybridized carbons (Fsp3) is 0.412. The van der Waals surface area contributed by atoms with Gasteiger partial charge in [0, 0.05) is 19.5 Å². The minimum atomic E-state index is -0.667. The zero-order valence-corrected chi connectivity index (χ0v) is 13.8. The van der Waals surface area contributed by atoms with Gasteiger partial charge in [0.05, 0.1) is 12.1 Å². The van der Waals surface area contributed by atoms with Crippen LogP contribution in [0.3, 0.4) is 0 Å². The number of aromatic nitrogens is 3. The second-order valence-electron chi connectivity index (χ2n) is 5.67. The molecule has 0 spiro atoms. The molecule has 1 aromatic heterocycles. The van der Waals surface area contributed by atoms with E-state index in [0.29, 0.717) is 30.9 Å². The van der Waals surface area contributed by atoms with Gasteiger partial charge in [0.15, 0.2) is 11.9 Å². The second-order valence-corrected chi connectivity index (χ2v) is 5.67. The summed E-state index contributed by atoms with van der Waals surface area (Å²) in [6.45, 7) is 5.47. The van der Waals surface area contributed by atoms with Gasteiger partial charge >= 0.3 is 0 Å². The Hall–Kier alpha value is -2.88. The summed E-state index contributed by atoms with van der Waals surface area (Å²) < 4.78 is 7.78. The van der Waals surface area contributed by atoms with Crippen LogP contribution >= 0.6 is 0 Å². The van der Waals surface area contributed by atoms with E-state index in [9.17, 15) is 4.79 Å². The highest BCUT2D eigenvalue weighted by molar-refractivity contribution is 5.81. The molecule has 1 aliphatic heterocycles. The normalized spacial score (nSPS) is 14.6. The minimum absolute atomic E-state index is 0.116. The molecule has 0 saturated heterocycles. The van der Waals surface area contributed by atoms with E-state index in [1.54, 1.807) is 36.1 Å². The third kappa shape index (κ3) is 2.95. The molecule has 7 heteroatoms. The van der Waals surface area contributed by atoms with Crippen LogP contribution in [-0.2, 0) is 24.3 Å². The summed E-state index contributed by atoms with van der Waals surface area (Å²) in [4.78, 5) is 14.4. The zero-order valence-electron chi connectivity index (χ0n) is 13.8. The quantitative estimate of drug-likeness (QED) is 0.851. The molecule has 3 rings (SSSR count). The van der Waals surface area contributed by atoms with Crippen molar-refractivity contribution >= 4 is 5.91 Å². The van der Waals surface area contributed by atoms with Crippen LogP contribution in [0, 0.1) is 11.3 Å². The van der Waals surface area contributed by atoms with Crippen molar-refractivity contribution in [2.45, 2.75) is 39.5 Å². The number of ether oxygens (including phenoxy) is 1. The van der Waals surface area contributed by atoms with Crippen molar-refractivity contribution < 1.29 is 9.53 Å². The summed E-state index contributed by atoms with van der Waals surface area (Å²) in [5.74, 6) is 2.06. The molecule has 0 radical (unpaired) electrons. The Morgan fingerprint density at radius 3 is 2.92 bits per heavy atom. The van der Waals surface area contributed by atoms with Gasteiger partial charge in [0.25, 0.3) is 5.91 Å². The molecule has 124 valence electrons. The number of hydrogen-bond acceptors (Lipinski definition) is 5. The Morgan fingerprint density at radius 1 is 1.38 bits per heavy atom. The van der Waals surface area contributed by atoms with Crippen molar-refractivity contribution in [1.29, 1.82) is 5.26 Å². The van der Waals surface area contributed by atoms with Gasteiger partial charge in [0.1, 0.15) is 17.6 Å². The highest BCUT2D eigenvalue weighted by atomic mass is 16.5. The Balaban J connectivity index is 1.69. The number of benzene rings is 1. The van der Waals surface area contributed by atoms with E-state index in [1.165, 1.54) is 0 Å². The summed E-state index contributed by atoms with van der Waals surface area (Å²) in [6.07, 6.45) is 0.158. The third-order valence-electron chi connectivity index (χ3n) is 4.12. The van der Waals surface area contributed by atoms with Crippen LogP contribution < -0.4 is 4.74 Å². The van der Waals surface area contributed by atoms with Crippen molar-refractivity contribution in [3.05, 3.63) is 41.5 Å². The Labute approximate surface area is 140 Å². The molecule has 0 bridgehead atoms. The number of fused-ring (bicyclic) bond motifs is 1. The number of rotatable bonds is 4. The van der Waals surface area contributed by atoms with Crippen molar-refractivity contribution in [1.82, 2.24) is 19.7 Å². The Kier molecular flexibility index (Phi) is 4.47. The molecule has 0 saturated carbocycles. The van der Waals surface area contributed by atoms with Crippen molar-refractivity contribution in [2.24, 2.45) is 0 Å². The molecule has 0 fully saturated rings. The van der Waals surface area contributed by atoms with Gasteiger partial charge in [-0.2, -0.15) is 5.26 Å². The maximum Gasteiger partial charge on any atom is 0.263 e. The second kappa shape index (κ2) is 6.71. The Bertz CT molecular complexity index is 793. The van der Waals surface area contributed by atoms with Crippen LogP contribution in [0.2, 0.25) is 0 Å². The number of nitriles is 1. The van der Waals surface area contributed by atoms with E-state index in [-0.39, 0.29) is 5.91 Å². The lowest BCUT2D eigenvalue weighted by Gasteiger charge is -2.30. The first-order valence-corrected chi connectivity index (χ1v) is 7.99. The molecular weight excluding hydrogens is 306 g/mol. The average molecular weight is 325 g/mol. The molecular formula is C17H19N5O2. The SMILES string of the molecule is CCc1nnc2n1CCN(C(=O)[C@@H](C)Oc1ccccc1C#N)C2. The van der Waals surface area contributed by atoms with Crippen LogP contribution in [0.25, 0.3) is 0 Å². The highest BCUT2D eigenvalue weighted by Gasteiger charge is 2.28. The maximum atomic E-state index is 12.6. The highest BCUT2D eigenvalue weighted by Crippen LogP contribution is 2.20. The number of carbonyl (C=O) groups excluding carboxylic acids is 1. The largest absolute Gasteiger partial charge is 0.480 e. The topological polar surface area (TPSA) is 84.0 Å². The number of para-hydroxylation sites is 1. The van der Waals surface area contributed by atoms with E-state index in [2.05, 4.69) is 20.8 Å². The molecule has 2 heterocycles. The van der Waals surface area contributed by atoms with Crippen LogP contribution in [0.4, 0.5) is 0 Å². The van der Waals surface area contributed by atoms with E-state index in [0.717, 1.165) is 18.1 Å². The first kappa shape index (κ1) is 16.0. The van der Waals surface area contributed by atoms with E-state index in [4.69, 9.17) is 10.00 Å². The van der Waals surface area contributed by atoms with Crippen LogP contribution in [0.5, 0.6) is 5.75 Å². The minimum Gasteiger partial charge on any atom is -0.480 e. The fourth-order valence-corrected chi connectivity index (χ4v) is 2.83. The number of amides is 1. The molecule has 1 aliphatic rings. The molecule has 24 heavy (non-hydrogen) atoms. The fourth-order valence-electron chi connectivity index (χ4n) is 2.83. The van der Waals surface area contributed by atoms with E-state index in [1.807, 2.05) is 6.92 Å². The predicted octanol–water partition coefficient (Wildman–Crippen LogP) is 1.52. The number of carbonyl (C=O) groups is 1. The van der Waals surface area contributed by atoms with Gasteiger partial charge in [-0.3, -0.25) is 4.79 Å². The first-order chi connectivity index (χ1) is 11.6. The van der Waals surface area contributed by atoms with Gasteiger partial charge < -0.3 is 14.2 Å². The monoisotopic (exact) mass is 325 g/mol. The maximum absolute atomic E-state index is 12.6. The zero-order chi connectivity index (χ0) is 17.1. The van der Waals surface area contributed by atoms with Crippen LogP contribution in [0.1, 0.15) is 31.1 Å². The molecule has 7 nitrogen and oxygen atoms in total. The van der Waals surface area contributed by atoms with Gasteiger partial charge in [-0.25, -0.2) is 0 Å². The molecule has 0 aliphatic carbocycles. The molecule has 1 atom stereocenters. The molecule has 1 amide bonds. The smallest absolute Gasteiger partial charge is 0.263 e. The van der Waals surface area contributed by atoms with Gasteiger partial charge in [0.2, 0.25) is 0 Å². The molecule has 0 unspecified atom stereocenters. The van der Waals surface area contributed by atoms with Gasteiger partial charge in [-0.15, -0.1) is 10.2 Å². The van der Waals surface area contributed by atoms with E-state index >= 15 is 0 Å². The lowest BCUT2D eigenvalue weighted by atomic mass is 10.2. The summed E-state index contributed by atoms with van der Waals surface area (Å²) in [7, 11) is 0. The third-order valence-corrected chi connectivity index (χ3v) is 4.12. The lowest BCUT2D eigenvalue weighted by molar-refractivity contribution is -0.139. The standard InChI is InChI=1S/C17H19N5O2/c1-3-15-19-20-16-11-21(8-9-22(15)16)17(23)12(2)24-14-7-5-4-6-13(14)10-18/h4-7,12H,3,8-9,11H2,1-2H3/t12-/m1/s1. The number of aryl methyl sites for hydroxylation is 1. The van der Waals surface area contributed by atoms with Crippen LogP contribution in [0.15, 0.2) is 24.3 Å². The van der Waals surface area contributed by atoms with Gasteiger partial charge in [-0.1, -0.05) is 19.1 Å². The lowest BCUT2D eigenvalue weighted by Crippen LogP contribution is -2.44. The van der Waals surface area contributed by atoms with Crippen molar-refractivity contribution in [2.75, 3.05) is 6.54 Å². The molecule has 1 aromatic carbocycles. The molecule has 0 N–H and O–H groups in total. The summed E-state index contributed by atoms with van der Waals surface area (Å²) in [5.41, 5.74) is 0.420. The summed E-state index contributed by atoms with van der Waals surface area (Å²) in [5, 5.41) is 17.4. The van der Waals surface area contributed by atoms with E-state index < -0.39 is 6.10 Å². The van der Waals surface area contributed by atoms with Gasteiger partial charge in [-0.05, 0) is 19.1 Å².